The monoisotopic (exact) mass is 464 g/mol. The number of hydrogen-bond acceptors (Lipinski definition) is 5. The van der Waals surface area contributed by atoms with Gasteiger partial charge in [0.15, 0.2) is 5.82 Å². The molecule has 27 heavy (non-hydrogen) atoms. The summed E-state index contributed by atoms with van der Waals surface area (Å²) in [5.74, 6) is 1.70. The van der Waals surface area contributed by atoms with E-state index in [-0.39, 0.29) is 5.75 Å². The predicted molar refractivity (Wildman–Crippen MR) is 114 cm³/mol. The standard InChI is InChI=1S/C19H18BrClN4OS/c1-2-3-18-23-24-19(27-12-13-4-7-16(21)8-5-13)25(18)22-11-14-10-15(20)6-9-17(14)26/h4-11,26H,2-3,12H2,1H3/b22-11+. The van der Waals surface area contributed by atoms with Crippen molar-refractivity contribution >= 4 is 45.5 Å². The fraction of sp³-hybridized carbons (Fsp3) is 0.211. The molecule has 0 radical (unpaired) electrons. The van der Waals surface area contributed by atoms with Gasteiger partial charge in [-0.1, -0.05) is 58.3 Å². The average molecular weight is 466 g/mol. The molecule has 1 heterocycles. The molecule has 1 N–H and O–H groups in total. The van der Waals surface area contributed by atoms with E-state index in [0.29, 0.717) is 10.7 Å². The Morgan fingerprint density at radius 2 is 2.00 bits per heavy atom. The van der Waals surface area contributed by atoms with Crippen LogP contribution in [0.2, 0.25) is 5.02 Å². The summed E-state index contributed by atoms with van der Waals surface area (Å²) in [6, 6.07) is 12.9. The first-order valence-corrected chi connectivity index (χ1v) is 10.6. The van der Waals surface area contributed by atoms with Gasteiger partial charge in [-0.2, -0.15) is 9.78 Å². The summed E-state index contributed by atoms with van der Waals surface area (Å²) in [5.41, 5.74) is 1.76. The van der Waals surface area contributed by atoms with Gasteiger partial charge < -0.3 is 5.11 Å². The van der Waals surface area contributed by atoms with Crippen LogP contribution in [0.4, 0.5) is 0 Å². The smallest absolute Gasteiger partial charge is 0.212 e. The van der Waals surface area contributed by atoms with E-state index in [0.717, 1.165) is 39.5 Å². The Bertz CT molecular complexity index is 943. The number of benzene rings is 2. The highest BCUT2D eigenvalue weighted by Gasteiger charge is 2.12. The molecule has 0 bridgehead atoms. The summed E-state index contributed by atoms with van der Waals surface area (Å²) >= 11 is 10.9. The normalized spacial score (nSPS) is 11.4. The topological polar surface area (TPSA) is 63.3 Å². The molecule has 0 fully saturated rings. The van der Waals surface area contributed by atoms with E-state index in [4.69, 9.17) is 11.6 Å². The zero-order valence-electron chi connectivity index (χ0n) is 14.6. The van der Waals surface area contributed by atoms with Crippen LogP contribution in [0.25, 0.3) is 0 Å². The minimum atomic E-state index is 0.169. The van der Waals surface area contributed by atoms with Gasteiger partial charge in [-0.3, -0.25) is 0 Å². The Morgan fingerprint density at radius 3 is 2.74 bits per heavy atom. The molecule has 0 saturated carbocycles. The second-order valence-corrected chi connectivity index (χ2v) is 8.12. The van der Waals surface area contributed by atoms with E-state index < -0.39 is 0 Å². The Labute approximate surface area is 175 Å². The lowest BCUT2D eigenvalue weighted by atomic mass is 10.2. The van der Waals surface area contributed by atoms with E-state index in [1.54, 1.807) is 34.8 Å². The molecule has 0 unspecified atom stereocenters. The number of nitrogens with zero attached hydrogens (tertiary/aromatic N) is 4. The van der Waals surface area contributed by atoms with Gasteiger partial charge in [-0.05, 0) is 42.3 Å². The summed E-state index contributed by atoms with van der Waals surface area (Å²) in [6.07, 6.45) is 3.34. The van der Waals surface area contributed by atoms with Crippen LogP contribution in [0.1, 0.15) is 30.3 Å². The zero-order chi connectivity index (χ0) is 19.2. The number of phenolic OH excluding ortho intramolecular Hbond substituents is 1. The van der Waals surface area contributed by atoms with Gasteiger partial charge in [0.05, 0.1) is 6.21 Å². The van der Waals surface area contributed by atoms with E-state index >= 15 is 0 Å². The van der Waals surface area contributed by atoms with Crippen molar-refractivity contribution in [2.75, 3.05) is 0 Å². The molecule has 8 heteroatoms. The third-order valence-electron chi connectivity index (χ3n) is 3.73. The number of phenols is 1. The molecular weight excluding hydrogens is 448 g/mol. The lowest BCUT2D eigenvalue weighted by Crippen LogP contribution is -2.00. The number of halogens is 2. The maximum Gasteiger partial charge on any atom is 0.212 e. The number of thioether (sulfide) groups is 1. The third kappa shape index (κ3) is 5.34. The van der Waals surface area contributed by atoms with E-state index in [1.165, 1.54) is 0 Å². The van der Waals surface area contributed by atoms with Crippen molar-refractivity contribution in [1.82, 2.24) is 14.9 Å². The van der Waals surface area contributed by atoms with Crippen LogP contribution in [0.5, 0.6) is 5.75 Å². The Hall–Kier alpha value is -1.83. The van der Waals surface area contributed by atoms with Crippen molar-refractivity contribution in [1.29, 1.82) is 0 Å². The Kier molecular flexibility index (Phi) is 6.93. The highest BCUT2D eigenvalue weighted by molar-refractivity contribution is 9.10. The molecule has 0 spiro atoms. The zero-order valence-corrected chi connectivity index (χ0v) is 17.8. The van der Waals surface area contributed by atoms with Crippen LogP contribution >= 0.6 is 39.3 Å². The first-order chi connectivity index (χ1) is 13.1. The predicted octanol–water partition coefficient (Wildman–Crippen LogP) is 5.53. The van der Waals surface area contributed by atoms with Crippen molar-refractivity contribution in [3.05, 3.63) is 68.9 Å². The average Bonchev–Trinajstić information content (AvgIpc) is 3.04. The minimum Gasteiger partial charge on any atom is -0.507 e. The second kappa shape index (κ2) is 9.39. The van der Waals surface area contributed by atoms with Crippen molar-refractivity contribution < 1.29 is 5.11 Å². The molecule has 2 aromatic carbocycles. The van der Waals surface area contributed by atoms with Gasteiger partial charge in [0.25, 0.3) is 0 Å². The highest BCUT2D eigenvalue weighted by atomic mass is 79.9. The van der Waals surface area contributed by atoms with Gasteiger partial charge in [0.1, 0.15) is 5.75 Å². The molecular formula is C19H18BrClN4OS. The molecule has 5 nitrogen and oxygen atoms in total. The van der Waals surface area contributed by atoms with E-state index in [1.807, 2.05) is 30.3 Å². The molecule has 0 aliphatic rings. The Morgan fingerprint density at radius 1 is 1.22 bits per heavy atom. The SMILES string of the molecule is CCCc1nnc(SCc2ccc(Cl)cc2)n1/N=C/c1cc(Br)ccc1O. The molecule has 1 aromatic heterocycles. The lowest BCUT2D eigenvalue weighted by Gasteiger charge is -2.05. The summed E-state index contributed by atoms with van der Waals surface area (Å²) < 4.78 is 2.61. The van der Waals surface area contributed by atoms with Crippen LogP contribution in [0.15, 0.2) is 57.2 Å². The number of aryl methyl sites for hydroxylation is 1. The highest BCUT2D eigenvalue weighted by Crippen LogP contribution is 2.24. The number of aromatic hydroxyl groups is 1. The molecule has 0 saturated heterocycles. The van der Waals surface area contributed by atoms with Crippen molar-refractivity contribution in [2.24, 2.45) is 5.10 Å². The number of aromatic nitrogens is 3. The maximum absolute atomic E-state index is 10.0. The maximum atomic E-state index is 10.0. The van der Waals surface area contributed by atoms with Crippen LogP contribution in [0.3, 0.4) is 0 Å². The molecule has 0 aliphatic heterocycles. The van der Waals surface area contributed by atoms with Crippen molar-refractivity contribution in [3.8, 4) is 5.75 Å². The minimum absolute atomic E-state index is 0.169. The summed E-state index contributed by atoms with van der Waals surface area (Å²) in [5, 5.41) is 24.5. The molecule has 0 aliphatic carbocycles. The van der Waals surface area contributed by atoms with Crippen LogP contribution < -0.4 is 0 Å². The molecule has 140 valence electrons. The number of rotatable bonds is 7. The van der Waals surface area contributed by atoms with Gasteiger partial charge in [0.2, 0.25) is 5.16 Å². The van der Waals surface area contributed by atoms with Gasteiger partial charge in [-0.25, -0.2) is 0 Å². The van der Waals surface area contributed by atoms with E-state index in [2.05, 4.69) is 38.2 Å². The summed E-state index contributed by atoms with van der Waals surface area (Å²) in [6.45, 7) is 2.09. The Balaban J connectivity index is 1.83. The fourth-order valence-electron chi connectivity index (χ4n) is 2.36. The first-order valence-electron chi connectivity index (χ1n) is 8.41. The van der Waals surface area contributed by atoms with Crippen LogP contribution in [0, 0.1) is 0 Å². The molecule has 3 rings (SSSR count). The largest absolute Gasteiger partial charge is 0.507 e. The second-order valence-electron chi connectivity index (χ2n) is 5.82. The quantitative estimate of drug-likeness (QED) is 0.368. The van der Waals surface area contributed by atoms with E-state index in [9.17, 15) is 5.11 Å². The first kappa shape index (κ1) is 19.9. The fourth-order valence-corrected chi connectivity index (χ4v) is 3.72. The lowest BCUT2D eigenvalue weighted by molar-refractivity contribution is 0.474. The van der Waals surface area contributed by atoms with Crippen LogP contribution in [-0.2, 0) is 12.2 Å². The third-order valence-corrected chi connectivity index (χ3v) is 5.47. The van der Waals surface area contributed by atoms with Crippen LogP contribution in [-0.4, -0.2) is 26.2 Å². The molecule has 3 aromatic rings. The van der Waals surface area contributed by atoms with Gasteiger partial charge in [-0.15, -0.1) is 10.2 Å². The van der Waals surface area contributed by atoms with Gasteiger partial charge in [0, 0.05) is 27.2 Å². The summed E-state index contributed by atoms with van der Waals surface area (Å²) in [4.78, 5) is 0. The molecule has 0 atom stereocenters. The molecule has 0 amide bonds. The van der Waals surface area contributed by atoms with Gasteiger partial charge >= 0.3 is 0 Å². The van der Waals surface area contributed by atoms with Crippen molar-refractivity contribution in [2.45, 2.75) is 30.7 Å². The van der Waals surface area contributed by atoms with Crippen molar-refractivity contribution in [3.63, 3.8) is 0 Å². The summed E-state index contributed by atoms with van der Waals surface area (Å²) in [7, 11) is 0. The number of hydrogen-bond donors (Lipinski definition) is 1.